The van der Waals surface area contributed by atoms with Crippen molar-refractivity contribution in [2.24, 2.45) is 0 Å². The fourth-order valence-corrected chi connectivity index (χ4v) is 6.06. The number of carbonyl (C=O) groups excluding carboxylic acids is 1. The van der Waals surface area contributed by atoms with Crippen molar-refractivity contribution in [1.82, 2.24) is 24.6 Å². The van der Waals surface area contributed by atoms with Crippen LogP contribution in [-0.4, -0.2) is 80.2 Å². The molecular weight excluding hydrogens is 582 g/mol. The molecule has 1 aliphatic heterocycles. The number of aryl methyl sites for hydroxylation is 1. The first kappa shape index (κ1) is 31.1. The van der Waals surface area contributed by atoms with E-state index < -0.39 is 62.5 Å². The van der Waals surface area contributed by atoms with E-state index in [9.17, 15) is 14.5 Å². The number of para-hydroxylation sites is 1. The summed E-state index contributed by atoms with van der Waals surface area (Å²) in [7, 11) is -2.69. The van der Waals surface area contributed by atoms with E-state index in [1.807, 2.05) is 0 Å². The summed E-state index contributed by atoms with van der Waals surface area (Å²) in [6, 6.07) is 6.99. The second-order valence-corrected chi connectivity index (χ2v) is 11.8. The van der Waals surface area contributed by atoms with Gasteiger partial charge in [-0.05, 0) is 39.8 Å². The Bertz CT molecular complexity index is 1420. The molecule has 0 spiro atoms. The number of alkyl halides is 2. The molecule has 0 amide bonds. The van der Waals surface area contributed by atoms with E-state index in [1.165, 1.54) is 30.0 Å². The summed E-state index contributed by atoms with van der Waals surface area (Å²) in [5.74, 6) is -0.132. The highest BCUT2D eigenvalue weighted by Crippen LogP contribution is 2.49. The Kier molecular flexibility index (Phi) is 9.52. The van der Waals surface area contributed by atoms with Gasteiger partial charge >= 0.3 is 13.7 Å². The Morgan fingerprint density at radius 2 is 2.00 bits per heavy atom. The number of aliphatic hydroxyl groups excluding tert-OH is 1. The highest BCUT2D eigenvalue weighted by atomic mass is 35.5. The van der Waals surface area contributed by atoms with Crippen LogP contribution in [-0.2, 0) is 23.4 Å². The largest absolute Gasteiger partial charge is 0.462 e. The maximum atomic E-state index is 15.7. The van der Waals surface area contributed by atoms with Crippen LogP contribution >= 0.6 is 19.3 Å². The number of halogens is 2. The lowest BCUT2D eigenvalue weighted by Crippen LogP contribution is -2.48. The number of hydrogen-bond donors (Lipinski definition) is 3. The van der Waals surface area contributed by atoms with Gasteiger partial charge in [-0.25, -0.2) is 23.9 Å². The smallest absolute Gasteiger partial charge is 0.459 e. The lowest BCUT2D eigenvalue weighted by atomic mass is 9.99. The number of nitrogens with zero attached hydrogens (tertiary/aromatic N) is 4. The van der Waals surface area contributed by atoms with Crippen LogP contribution < -0.4 is 14.9 Å². The zero-order valence-electron chi connectivity index (χ0n) is 23.2. The van der Waals surface area contributed by atoms with Gasteiger partial charge in [0.25, 0.3) is 0 Å². The van der Waals surface area contributed by atoms with Crippen molar-refractivity contribution in [3.8, 4) is 5.75 Å². The Hall–Kier alpha value is -2.87. The van der Waals surface area contributed by atoms with Crippen LogP contribution in [0.15, 0.2) is 36.7 Å². The lowest BCUT2D eigenvalue weighted by Gasteiger charge is -2.31. The monoisotopic (exact) mass is 614 g/mol. The van der Waals surface area contributed by atoms with Gasteiger partial charge in [-0.15, -0.1) is 11.6 Å². The Morgan fingerprint density at radius 1 is 1.29 bits per heavy atom. The van der Waals surface area contributed by atoms with E-state index in [1.54, 1.807) is 46.0 Å². The molecule has 1 saturated heterocycles. The van der Waals surface area contributed by atoms with Gasteiger partial charge in [-0.2, -0.15) is 5.09 Å². The van der Waals surface area contributed by atoms with Gasteiger partial charge in [-0.3, -0.25) is 13.9 Å². The van der Waals surface area contributed by atoms with E-state index in [-0.39, 0.29) is 11.4 Å². The van der Waals surface area contributed by atoms with E-state index >= 15 is 4.39 Å². The summed E-state index contributed by atoms with van der Waals surface area (Å²) in [6.45, 7) is 5.77. The molecule has 0 unspecified atom stereocenters. The molecule has 1 fully saturated rings. The molecule has 3 heterocycles. The minimum Gasteiger partial charge on any atom is -0.462 e. The summed E-state index contributed by atoms with van der Waals surface area (Å²) in [5.41, 5.74) is -1.23. The molecule has 0 radical (unpaired) electrons. The fraction of sp³-hybridized carbons (Fsp3) is 0.520. The maximum Gasteiger partial charge on any atom is 0.459 e. The second kappa shape index (κ2) is 12.6. The topological polar surface area (TPSA) is 159 Å². The van der Waals surface area contributed by atoms with Crippen molar-refractivity contribution >= 4 is 42.3 Å². The van der Waals surface area contributed by atoms with Gasteiger partial charge in [0, 0.05) is 7.05 Å². The Morgan fingerprint density at radius 3 is 2.63 bits per heavy atom. The third-order valence-corrected chi connectivity index (χ3v) is 8.32. The number of ether oxygens (including phenoxy) is 2. The molecule has 3 aromatic rings. The summed E-state index contributed by atoms with van der Waals surface area (Å²) in [4.78, 5) is 25.3. The number of nitrogens with one attached hydrogen (secondary N) is 2. The molecule has 4 rings (SSSR count). The predicted molar refractivity (Wildman–Crippen MR) is 149 cm³/mol. The molecule has 16 heteroatoms. The maximum absolute atomic E-state index is 15.7. The molecule has 6 atom stereocenters. The van der Waals surface area contributed by atoms with Crippen LogP contribution in [0.5, 0.6) is 5.75 Å². The first-order chi connectivity index (χ1) is 19.4. The number of anilines is 1. The normalized spacial score (nSPS) is 24.8. The quantitative estimate of drug-likeness (QED) is 0.155. The number of aromatic nitrogens is 4. The highest BCUT2D eigenvalue weighted by Gasteiger charge is 2.57. The number of carbonyl (C=O) groups is 1. The van der Waals surface area contributed by atoms with Crippen molar-refractivity contribution in [2.75, 3.05) is 24.9 Å². The lowest BCUT2D eigenvalue weighted by molar-refractivity contribution is -0.149. The van der Waals surface area contributed by atoms with Crippen molar-refractivity contribution in [3.63, 3.8) is 0 Å². The van der Waals surface area contributed by atoms with Crippen LogP contribution in [0, 0.1) is 6.92 Å². The van der Waals surface area contributed by atoms with Gasteiger partial charge in [0.1, 0.15) is 29.3 Å². The van der Waals surface area contributed by atoms with Gasteiger partial charge in [0.15, 0.2) is 29.4 Å². The predicted octanol–water partition coefficient (Wildman–Crippen LogP) is 3.52. The van der Waals surface area contributed by atoms with Crippen LogP contribution in [0.25, 0.3) is 11.2 Å². The van der Waals surface area contributed by atoms with Gasteiger partial charge in [0.2, 0.25) is 0 Å². The second-order valence-electron chi connectivity index (χ2n) is 9.80. The average molecular weight is 615 g/mol. The van der Waals surface area contributed by atoms with Crippen LogP contribution in [0.1, 0.15) is 32.8 Å². The molecule has 224 valence electrons. The molecule has 41 heavy (non-hydrogen) atoms. The Balaban J connectivity index is 1.61. The van der Waals surface area contributed by atoms with E-state index in [0.29, 0.717) is 17.2 Å². The van der Waals surface area contributed by atoms with Crippen molar-refractivity contribution < 1.29 is 37.4 Å². The SMILES string of the molecule is CNc1nc(C)nc2c1ncn2[C@@H]1O[C@](CCl)(CO[P@@](=O)(N[C@H](C)C(=O)OC(C)C)Oc2ccccc2)[C@@H](O)[C@@H]1F. The van der Waals surface area contributed by atoms with E-state index in [2.05, 4.69) is 25.4 Å². The molecule has 0 bridgehead atoms. The zero-order chi connectivity index (χ0) is 29.9. The number of hydrogen-bond acceptors (Lipinski definition) is 11. The first-order valence-corrected chi connectivity index (χ1v) is 14.9. The molecule has 1 aromatic carbocycles. The molecular formula is C25H33ClFN6O7P. The fourth-order valence-electron chi connectivity index (χ4n) is 4.21. The number of fused-ring (bicyclic) bond motifs is 1. The average Bonchev–Trinajstić information content (AvgIpc) is 3.46. The number of esters is 1. The van der Waals surface area contributed by atoms with Crippen LogP contribution in [0.2, 0.25) is 0 Å². The third kappa shape index (κ3) is 6.63. The zero-order valence-corrected chi connectivity index (χ0v) is 24.8. The molecule has 0 aliphatic carbocycles. The molecule has 2 aromatic heterocycles. The number of aliphatic hydroxyl groups is 1. The van der Waals surface area contributed by atoms with Crippen molar-refractivity contribution in [2.45, 2.75) is 63.9 Å². The number of imidazole rings is 1. The highest BCUT2D eigenvalue weighted by molar-refractivity contribution is 7.52. The molecule has 13 nitrogen and oxygen atoms in total. The van der Waals surface area contributed by atoms with Crippen LogP contribution in [0.4, 0.5) is 10.2 Å². The standard InChI is InChI=1S/C25H33ClFN6O7P/c1-14(2)38-24(35)15(3)32-41(36,40-17-9-7-6-8-10-17)37-12-25(11-26)20(34)18(27)23(39-25)33-13-29-19-21(28-5)30-16(4)31-22(19)33/h6-10,13-15,18,20,23,34H,11-12H2,1-5H3,(H,32,36)(H,28,30,31)/t15-,18+,20+,23-,25-,41+/m1/s1. The van der Waals surface area contributed by atoms with Gasteiger partial charge in [0.05, 0.1) is 24.9 Å². The van der Waals surface area contributed by atoms with Gasteiger partial charge < -0.3 is 24.4 Å². The van der Waals surface area contributed by atoms with E-state index in [0.717, 1.165) is 0 Å². The molecule has 3 N–H and O–H groups in total. The number of benzene rings is 1. The summed E-state index contributed by atoms with van der Waals surface area (Å²) in [6.07, 6.45) is -4.30. The Labute approximate surface area is 241 Å². The minimum absolute atomic E-state index is 0.169. The van der Waals surface area contributed by atoms with E-state index in [4.69, 9.17) is 30.1 Å². The minimum atomic E-state index is -4.36. The summed E-state index contributed by atoms with van der Waals surface area (Å²) >= 11 is 6.23. The first-order valence-electron chi connectivity index (χ1n) is 12.8. The third-order valence-electron chi connectivity index (χ3n) is 6.24. The van der Waals surface area contributed by atoms with Crippen molar-refractivity contribution in [1.29, 1.82) is 0 Å². The van der Waals surface area contributed by atoms with Crippen LogP contribution in [0.3, 0.4) is 0 Å². The summed E-state index contributed by atoms with van der Waals surface area (Å²) < 4.78 is 53.4. The molecule has 1 aliphatic rings. The summed E-state index contributed by atoms with van der Waals surface area (Å²) in [5, 5.41) is 16.5. The van der Waals surface area contributed by atoms with Crippen molar-refractivity contribution in [3.05, 3.63) is 42.5 Å². The number of rotatable bonds is 12. The molecule has 0 saturated carbocycles. The van der Waals surface area contributed by atoms with Gasteiger partial charge in [-0.1, -0.05) is 18.2 Å².